The normalized spacial score (nSPS) is 10.6. The first-order chi connectivity index (χ1) is 13.2. The van der Waals surface area contributed by atoms with Crippen molar-refractivity contribution >= 4 is 23.3 Å². The van der Waals surface area contributed by atoms with E-state index in [4.69, 9.17) is 11.6 Å². The van der Waals surface area contributed by atoms with E-state index in [1.165, 1.54) is 0 Å². The van der Waals surface area contributed by atoms with E-state index in [1.54, 1.807) is 42.9 Å². The first kappa shape index (κ1) is 16.9. The van der Waals surface area contributed by atoms with Crippen molar-refractivity contribution in [3.8, 4) is 22.4 Å². The van der Waals surface area contributed by atoms with E-state index in [1.807, 2.05) is 30.3 Å². The lowest BCUT2D eigenvalue weighted by atomic mass is 10.0. The molecule has 0 aliphatic heterocycles. The number of aromatic nitrogens is 4. The van der Waals surface area contributed by atoms with E-state index in [0.29, 0.717) is 16.5 Å². The highest BCUT2D eigenvalue weighted by molar-refractivity contribution is 6.30. The minimum atomic E-state index is -0.314. The van der Waals surface area contributed by atoms with Crippen LogP contribution in [0.15, 0.2) is 73.2 Å². The van der Waals surface area contributed by atoms with Gasteiger partial charge < -0.3 is 5.32 Å². The number of aromatic amines is 1. The van der Waals surface area contributed by atoms with Crippen molar-refractivity contribution in [1.29, 1.82) is 0 Å². The van der Waals surface area contributed by atoms with Crippen molar-refractivity contribution in [1.82, 2.24) is 20.2 Å². The number of nitrogens with one attached hydrogen (secondary N) is 2. The summed E-state index contributed by atoms with van der Waals surface area (Å²) >= 11 is 5.97. The fourth-order valence-corrected chi connectivity index (χ4v) is 2.81. The van der Waals surface area contributed by atoms with Crippen molar-refractivity contribution in [3.63, 3.8) is 0 Å². The minimum Gasteiger partial charge on any atom is -0.305 e. The Hall–Kier alpha value is -3.51. The number of halogens is 1. The second kappa shape index (κ2) is 7.39. The average molecular weight is 376 g/mol. The van der Waals surface area contributed by atoms with Gasteiger partial charge in [0.25, 0.3) is 5.91 Å². The number of hydrogen-bond acceptors (Lipinski definition) is 4. The molecule has 132 valence electrons. The van der Waals surface area contributed by atoms with Crippen molar-refractivity contribution in [2.24, 2.45) is 0 Å². The maximum Gasteiger partial charge on any atom is 0.275 e. The summed E-state index contributed by atoms with van der Waals surface area (Å²) in [6.07, 6.45) is 4.95. The minimum absolute atomic E-state index is 0.314. The lowest BCUT2D eigenvalue weighted by molar-refractivity contribution is 0.102. The molecule has 0 atom stereocenters. The number of carbonyl (C=O) groups is 1. The number of anilines is 1. The quantitative estimate of drug-likeness (QED) is 0.552. The van der Waals surface area contributed by atoms with Crippen LogP contribution in [0.1, 0.15) is 10.5 Å². The number of H-pyrrole nitrogens is 1. The van der Waals surface area contributed by atoms with Gasteiger partial charge in [-0.15, -0.1) is 0 Å². The Morgan fingerprint density at radius 3 is 2.59 bits per heavy atom. The van der Waals surface area contributed by atoms with Crippen LogP contribution in [0.25, 0.3) is 22.4 Å². The van der Waals surface area contributed by atoms with Gasteiger partial charge in [-0.3, -0.25) is 14.9 Å². The second-order valence-corrected chi connectivity index (χ2v) is 6.20. The van der Waals surface area contributed by atoms with Crippen LogP contribution < -0.4 is 5.32 Å². The molecule has 3 aromatic heterocycles. The summed E-state index contributed by atoms with van der Waals surface area (Å²) in [6, 6.07) is 16.3. The zero-order chi connectivity index (χ0) is 18.6. The van der Waals surface area contributed by atoms with E-state index >= 15 is 0 Å². The summed E-state index contributed by atoms with van der Waals surface area (Å²) in [5.74, 6) is 0.122. The smallest absolute Gasteiger partial charge is 0.275 e. The van der Waals surface area contributed by atoms with Crippen LogP contribution in [-0.4, -0.2) is 26.1 Å². The van der Waals surface area contributed by atoms with E-state index in [9.17, 15) is 4.79 Å². The van der Waals surface area contributed by atoms with Gasteiger partial charge in [0.2, 0.25) is 0 Å². The molecule has 1 amide bonds. The van der Waals surface area contributed by atoms with Crippen molar-refractivity contribution in [3.05, 3.63) is 83.9 Å². The lowest BCUT2D eigenvalue weighted by Gasteiger charge is -2.07. The molecule has 0 fully saturated rings. The maximum atomic E-state index is 12.3. The van der Waals surface area contributed by atoms with Crippen molar-refractivity contribution in [2.75, 3.05) is 5.32 Å². The van der Waals surface area contributed by atoms with E-state index in [2.05, 4.69) is 25.5 Å². The van der Waals surface area contributed by atoms with E-state index in [0.717, 1.165) is 22.4 Å². The van der Waals surface area contributed by atoms with Crippen molar-refractivity contribution in [2.45, 2.75) is 0 Å². The largest absolute Gasteiger partial charge is 0.305 e. The van der Waals surface area contributed by atoms with Gasteiger partial charge in [0.1, 0.15) is 11.5 Å². The Bertz CT molecular complexity index is 1080. The van der Waals surface area contributed by atoms with Gasteiger partial charge in [-0.1, -0.05) is 29.8 Å². The molecular weight excluding hydrogens is 362 g/mol. The summed E-state index contributed by atoms with van der Waals surface area (Å²) in [6.45, 7) is 0. The summed E-state index contributed by atoms with van der Waals surface area (Å²) in [5.41, 5.74) is 3.92. The van der Waals surface area contributed by atoms with Crippen LogP contribution in [0.2, 0.25) is 5.02 Å². The fourth-order valence-electron chi connectivity index (χ4n) is 2.69. The number of amides is 1. The van der Waals surface area contributed by atoms with Crippen LogP contribution in [-0.2, 0) is 0 Å². The molecule has 27 heavy (non-hydrogen) atoms. The molecule has 0 aliphatic rings. The SMILES string of the molecule is O=C(Nc1cc(-c2cn[nH]c2-c2ccc(Cl)cc2)ccn1)c1ccccn1. The van der Waals surface area contributed by atoms with Gasteiger partial charge in [0, 0.05) is 28.5 Å². The lowest BCUT2D eigenvalue weighted by Crippen LogP contribution is -2.14. The van der Waals surface area contributed by atoms with Crippen LogP contribution in [0.3, 0.4) is 0 Å². The Morgan fingerprint density at radius 1 is 0.963 bits per heavy atom. The highest BCUT2D eigenvalue weighted by Gasteiger charge is 2.12. The van der Waals surface area contributed by atoms with E-state index in [-0.39, 0.29) is 5.91 Å². The van der Waals surface area contributed by atoms with Gasteiger partial charge in [0.15, 0.2) is 0 Å². The molecule has 0 aliphatic carbocycles. The third kappa shape index (κ3) is 3.70. The summed E-state index contributed by atoms with van der Waals surface area (Å²) in [5, 5.41) is 10.6. The van der Waals surface area contributed by atoms with Gasteiger partial charge in [-0.2, -0.15) is 5.10 Å². The molecule has 6 nitrogen and oxygen atoms in total. The molecule has 0 saturated carbocycles. The highest BCUT2D eigenvalue weighted by atomic mass is 35.5. The van der Waals surface area contributed by atoms with Gasteiger partial charge >= 0.3 is 0 Å². The Morgan fingerprint density at radius 2 is 1.81 bits per heavy atom. The maximum absolute atomic E-state index is 12.3. The standard InChI is InChI=1S/C20H14ClN5O/c21-15-6-4-13(5-7-15)19-16(12-24-26-19)14-8-10-23-18(11-14)25-20(27)17-3-1-2-9-22-17/h1-12H,(H,24,26)(H,23,25,27). The zero-order valence-corrected chi connectivity index (χ0v) is 14.8. The monoisotopic (exact) mass is 375 g/mol. The molecule has 3 heterocycles. The first-order valence-corrected chi connectivity index (χ1v) is 8.56. The predicted octanol–water partition coefficient (Wildman–Crippen LogP) is 4.44. The van der Waals surface area contributed by atoms with E-state index < -0.39 is 0 Å². The molecule has 1 aromatic carbocycles. The molecule has 0 saturated heterocycles. The van der Waals surface area contributed by atoms with Crippen LogP contribution >= 0.6 is 11.6 Å². The van der Waals surface area contributed by atoms with Gasteiger partial charge in [-0.05, 0) is 42.0 Å². The number of carbonyl (C=O) groups excluding carboxylic acids is 1. The summed E-state index contributed by atoms with van der Waals surface area (Å²) in [7, 11) is 0. The third-order valence-electron chi connectivity index (χ3n) is 3.98. The number of hydrogen-bond donors (Lipinski definition) is 2. The molecule has 7 heteroatoms. The molecular formula is C20H14ClN5O. The Labute approximate surface area is 160 Å². The molecule has 4 rings (SSSR count). The van der Waals surface area contributed by atoms with Crippen molar-refractivity contribution < 1.29 is 4.79 Å². The topological polar surface area (TPSA) is 83.6 Å². The number of pyridine rings is 2. The third-order valence-corrected chi connectivity index (χ3v) is 4.23. The second-order valence-electron chi connectivity index (χ2n) is 5.76. The Balaban J connectivity index is 1.63. The van der Waals surface area contributed by atoms with Crippen LogP contribution in [0, 0.1) is 0 Å². The number of benzene rings is 1. The van der Waals surface area contributed by atoms with Gasteiger partial charge in [0.05, 0.1) is 11.9 Å². The number of nitrogens with zero attached hydrogens (tertiary/aromatic N) is 3. The predicted molar refractivity (Wildman–Crippen MR) is 104 cm³/mol. The zero-order valence-electron chi connectivity index (χ0n) is 14.1. The average Bonchev–Trinajstić information content (AvgIpc) is 3.19. The molecule has 0 radical (unpaired) electrons. The molecule has 2 N–H and O–H groups in total. The molecule has 0 spiro atoms. The van der Waals surface area contributed by atoms with Crippen LogP contribution in [0.4, 0.5) is 5.82 Å². The molecule has 0 bridgehead atoms. The fraction of sp³-hybridized carbons (Fsp3) is 0. The van der Waals surface area contributed by atoms with Crippen LogP contribution in [0.5, 0.6) is 0 Å². The highest BCUT2D eigenvalue weighted by Crippen LogP contribution is 2.31. The molecule has 4 aromatic rings. The first-order valence-electron chi connectivity index (χ1n) is 8.19. The van der Waals surface area contributed by atoms with Gasteiger partial charge in [-0.25, -0.2) is 4.98 Å². The molecule has 0 unspecified atom stereocenters. The number of rotatable bonds is 4. The summed E-state index contributed by atoms with van der Waals surface area (Å²) < 4.78 is 0. The summed E-state index contributed by atoms with van der Waals surface area (Å²) in [4.78, 5) is 20.6. The Kier molecular flexibility index (Phi) is 4.63.